The van der Waals surface area contributed by atoms with E-state index in [-0.39, 0.29) is 17.8 Å². The summed E-state index contributed by atoms with van der Waals surface area (Å²) >= 11 is 0. The Hall–Kier alpha value is -2.38. The molecule has 0 saturated heterocycles. The first-order valence-corrected chi connectivity index (χ1v) is 9.63. The molecule has 0 aliphatic rings. The highest BCUT2D eigenvalue weighted by Gasteiger charge is 2.10. The SMILES string of the molecule is CNS(=O)(=O)Cc1cccc(CNC(=O)NC(C)c2ccccc2)c1. The Kier molecular flexibility index (Phi) is 6.55. The maximum Gasteiger partial charge on any atom is 0.315 e. The van der Waals surface area contributed by atoms with Crippen LogP contribution in [0.15, 0.2) is 54.6 Å². The number of urea groups is 1. The highest BCUT2D eigenvalue weighted by Crippen LogP contribution is 2.11. The first-order valence-electron chi connectivity index (χ1n) is 7.98. The molecule has 3 N–H and O–H groups in total. The van der Waals surface area contributed by atoms with E-state index < -0.39 is 10.0 Å². The van der Waals surface area contributed by atoms with Gasteiger partial charge in [-0.15, -0.1) is 0 Å². The van der Waals surface area contributed by atoms with E-state index in [0.717, 1.165) is 11.1 Å². The van der Waals surface area contributed by atoms with Gasteiger partial charge < -0.3 is 10.6 Å². The van der Waals surface area contributed by atoms with Crippen molar-refractivity contribution in [2.75, 3.05) is 7.05 Å². The highest BCUT2D eigenvalue weighted by molar-refractivity contribution is 7.88. The number of sulfonamides is 1. The van der Waals surface area contributed by atoms with Gasteiger partial charge in [-0.25, -0.2) is 17.9 Å². The highest BCUT2D eigenvalue weighted by atomic mass is 32.2. The zero-order chi connectivity index (χ0) is 18.3. The number of hydrogen-bond acceptors (Lipinski definition) is 3. The van der Waals surface area contributed by atoms with Crippen LogP contribution < -0.4 is 15.4 Å². The number of rotatable bonds is 7. The third-order valence-corrected chi connectivity index (χ3v) is 5.09. The van der Waals surface area contributed by atoms with Gasteiger partial charge in [0.15, 0.2) is 0 Å². The molecule has 0 fully saturated rings. The Morgan fingerprint density at radius 3 is 2.40 bits per heavy atom. The normalized spacial score (nSPS) is 12.4. The van der Waals surface area contributed by atoms with Crippen LogP contribution in [0.25, 0.3) is 0 Å². The summed E-state index contributed by atoms with van der Waals surface area (Å²) < 4.78 is 25.5. The largest absolute Gasteiger partial charge is 0.334 e. The van der Waals surface area contributed by atoms with Crippen molar-refractivity contribution in [3.8, 4) is 0 Å². The number of hydrogen-bond donors (Lipinski definition) is 3. The molecule has 2 amide bonds. The van der Waals surface area contributed by atoms with Crippen LogP contribution in [0.1, 0.15) is 29.7 Å². The number of nitrogens with one attached hydrogen (secondary N) is 3. The van der Waals surface area contributed by atoms with E-state index in [1.807, 2.05) is 43.3 Å². The second kappa shape index (κ2) is 8.64. The Morgan fingerprint density at radius 2 is 1.72 bits per heavy atom. The lowest BCUT2D eigenvalue weighted by Crippen LogP contribution is -2.36. The summed E-state index contributed by atoms with van der Waals surface area (Å²) in [5.74, 6) is -0.0887. The van der Waals surface area contributed by atoms with Crippen molar-refractivity contribution in [3.63, 3.8) is 0 Å². The standard InChI is InChI=1S/C18H23N3O3S/c1-14(17-9-4-3-5-10-17)21-18(22)20-12-15-7-6-8-16(11-15)13-25(23,24)19-2/h3-11,14,19H,12-13H2,1-2H3,(H2,20,21,22). The van der Waals surface area contributed by atoms with Crippen molar-refractivity contribution in [3.05, 3.63) is 71.3 Å². The Balaban J connectivity index is 1.89. The molecule has 25 heavy (non-hydrogen) atoms. The summed E-state index contributed by atoms with van der Waals surface area (Å²) in [6.45, 7) is 2.24. The molecule has 0 aliphatic carbocycles. The minimum absolute atomic E-state index is 0.0887. The van der Waals surface area contributed by atoms with Crippen LogP contribution in [0.4, 0.5) is 4.79 Å². The topological polar surface area (TPSA) is 87.3 Å². The van der Waals surface area contributed by atoms with Crippen LogP contribution >= 0.6 is 0 Å². The van der Waals surface area contributed by atoms with Crippen molar-refractivity contribution in [2.45, 2.75) is 25.3 Å². The van der Waals surface area contributed by atoms with Gasteiger partial charge in [0.05, 0.1) is 11.8 Å². The fraction of sp³-hybridized carbons (Fsp3) is 0.278. The molecule has 2 aromatic rings. The summed E-state index contributed by atoms with van der Waals surface area (Å²) in [6.07, 6.45) is 0. The van der Waals surface area contributed by atoms with Gasteiger partial charge >= 0.3 is 6.03 Å². The second-order valence-electron chi connectivity index (χ2n) is 5.74. The van der Waals surface area contributed by atoms with Gasteiger partial charge in [0.25, 0.3) is 0 Å². The minimum atomic E-state index is -3.32. The van der Waals surface area contributed by atoms with Crippen molar-refractivity contribution in [2.24, 2.45) is 0 Å². The van der Waals surface area contributed by atoms with E-state index in [4.69, 9.17) is 0 Å². The molecule has 0 bridgehead atoms. The lowest BCUT2D eigenvalue weighted by molar-refractivity contribution is 0.237. The number of carbonyl (C=O) groups is 1. The first-order chi connectivity index (χ1) is 11.9. The molecule has 0 heterocycles. The van der Waals surface area contributed by atoms with E-state index in [1.165, 1.54) is 7.05 Å². The van der Waals surface area contributed by atoms with Crippen molar-refractivity contribution < 1.29 is 13.2 Å². The number of carbonyl (C=O) groups excluding carboxylic acids is 1. The Bertz CT molecular complexity index is 807. The van der Waals surface area contributed by atoms with Crippen molar-refractivity contribution in [1.82, 2.24) is 15.4 Å². The summed E-state index contributed by atoms with van der Waals surface area (Å²) in [7, 11) is -1.93. The van der Waals surface area contributed by atoms with E-state index in [0.29, 0.717) is 12.1 Å². The molecular weight excluding hydrogens is 338 g/mol. The molecule has 7 heteroatoms. The number of benzene rings is 2. The molecule has 134 valence electrons. The predicted octanol–water partition coefficient (Wildman–Crippen LogP) is 2.30. The zero-order valence-electron chi connectivity index (χ0n) is 14.3. The first kappa shape index (κ1) is 19.0. The van der Waals surface area contributed by atoms with Crippen LogP contribution in [-0.4, -0.2) is 21.5 Å². The molecule has 1 atom stereocenters. The van der Waals surface area contributed by atoms with Crippen LogP contribution in [0.3, 0.4) is 0 Å². The molecule has 0 spiro atoms. The van der Waals surface area contributed by atoms with Crippen LogP contribution in [0.5, 0.6) is 0 Å². The van der Waals surface area contributed by atoms with Gasteiger partial charge in [-0.3, -0.25) is 0 Å². The van der Waals surface area contributed by atoms with Crippen molar-refractivity contribution >= 4 is 16.1 Å². The molecule has 0 radical (unpaired) electrons. The fourth-order valence-electron chi connectivity index (χ4n) is 2.38. The maximum atomic E-state index is 12.0. The molecule has 2 aromatic carbocycles. The monoisotopic (exact) mass is 361 g/mol. The van der Waals surface area contributed by atoms with Gasteiger partial charge in [0.1, 0.15) is 0 Å². The average molecular weight is 361 g/mol. The molecule has 6 nitrogen and oxygen atoms in total. The van der Waals surface area contributed by atoms with E-state index in [2.05, 4.69) is 15.4 Å². The zero-order valence-corrected chi connectivity index (χ0v) is 15.1. The molecular formula is C18H23N3O3S. The van der Waals surface area contributed by atoms with Gasteiger partial charge in [-0.2, -0.15) is 0 Å². The lowest BCUT2D eigenvalue weighted by atomic mass is 10.1. The van der Waals surface area contributed by atoms with E-state index in [1.54, 1.807) is 18.2 Å². The van der Waals surface area contributed by atoms with Gasteiger partial charge in [0, 0.05) is 6.54 Å². The second-order valence-corrected chi connectivity index (χ2v) is 7.67. The summed E-state index contributed by atoms with van der Waals surface area (Å²) in [6, 6.07) is 16.5. The third kappa shape index (κ3) is 6.21. The van der Waals surface area contributed by atoms with Crippen LogP contribution in [-0.2, 0) is 22.3 Å². The summed E-state index contributed by atoms with van der Waals surface area (Å²) in [5, 5.41) is 5.66. The third-order valence-electron chi connectivity index (χ3n) is 3.76. The van der Waals surface area contributed by atoms with Crippen LogP contribution in [0.2, 0.25) is 0 Å². The Morgan fingerprint density at radius 1 is 1.04 bits per heavy atom. The summed E-state index contributed by atoms with van der Waals surface area (Å²) in [4.78, 5) is 12.0. The van der Waals surface area contributed by atoms with E-state index in [9.17, 15) is 13.2 Å². The van der Waals surface area contributed by atoms with Crippen molar-refractivity contribution in [1.29, 1.82) is 0 Å². The fourth-order valence-corrected chi connectivity index (χ4v) is 3.14. The van der Waals surface area contributed by atoms with Gasteiger partial charge in [-0.05, 0) is 30.7 Å². The molecule has 0 saturated carbocycles. The predicted molar refractivity (Wildman–Crippen MR) is 98.4 cm³/mol. The van der Waals surface area contributed by atoms with Gasteiger partial charge in [0.2, 0.25) is 10.0 Å². The lowest BCUT2D eigenvalue weighted by Gasteiger charge is -2.15. The maximum absolute atomic E-state index is 12.0. The average Bonchev–Trinajstić information content (AvgIpc) is 2.60. The minimum Gasteiger partial charge on any atom is -0.334 e. The molecule has 0 aliphatic heterocycles. The summed E-state index contributed by atoms with van der Waals surface area (Å²) in [5.41, 5.74) is 2.54. The van der Waals surface area contributed by atoms with Crippen LogP contribution in [0, 0.1) is 0 Å². The smallest absolute Gasteiger partial charge is 0.315 e. The number of amides is 2. The molecule has 2 rings (SSSR count). The quantitative estimate of drug-likeness (QED) is 0.707. The van der Waals surface area contributed by atoms with Gasteiger partial charge in [-0.1, -0.05) is 54.6 Å². The molecule has 0 aromatic heterocycles. The van der Waals surface area contributed by atoms with E-state index >= 15 is 0 Å². The Labute approximate surface area is 148 Å². The molecule has 1 unspecified atom stereocenters.